The van der Waals surface area contributed by atoms with Gasteiger partial charge in [-0.15, -0.1) is 0 Å². The number of amides is 10. The van der Waals surface area contributed by atoms with E-state index in [0.29, 0.717) is 12.8 Å². The number of aliphatic carboxylic acids is 2. The molecule has 0 rings (SSSR count). The van der Waals surface area contributed by atoms with Crippen molar-refractivity contribution in [3.05, 3.63) is 0 Å². The third kappa shape index (κ3) is 40.6. The van der Waals surface area contributed by atoms with Gasteiger partial charge in [-0.05, 0) is 142 Å². The monoisotopic (exact) mass is 1420 g/mol. The van der Waals surface area contributed by atoms with Gasteiger partial charge < -0.3 is 138 Å². The predicted octanol–water partition coefficient (Wildman–Crippen LogP) is -9.67. The predicted molar refractivity (Wildman–Crippen MR) is 373 cm³/mol. The molecule has 0 fully saturated rings. The van der Waals surface area contributed by atoms with E-state index in [4.69, 9.17) is 74.5 Å². The van der Waals surface area contributed by atoms with Crippen molar-refractivity contribution >= 4 is 101 Å². The SMILES string of the molecule is CC(C)[C@H](NC(=O)[C@H](CCCN=C(N)N)NC(=O)[C@H](CCCCN)NC(=O)[C@H](CCCCN)NC(=O)[C@H](CCCN=C(N)N)NC(=O)[C@H](CCCN=C(N)N)NC(=O)[C@H](CCCN=C(N)N)NC(=O)[C@H](CCC(=O)O)NC(=O)[C@H](CCCN=C(N)N)NC(=O)[C@H](C)NC(=O)[C@H](C)N)C(=O)O. The molecule has 0 aromatic carbocycles. The van der Waals surface area contributed by atoms with Crippen LogP contribution >= 0.6 is 0 Å². The summed E-state index contributed by atoms with van der Waals surface area (Å²) in [6.45, 7) is 5.96. The van der Waals surface area contributed by atoms with Crippen LogP contribution in [0, 0.1) is 5.92 Å². The zero-order chi connectivity index (χ0) is 76.0. The van der Waals surface area contributed by atoms with Crippen molar-refractivity contribution in [1.82, 2.24) is 53.2 Å². The number of nitrogens with two attached hydrogens (primary N) is 13. The first-order chi connectivity index (χ1) is 47.0. The average Bonchev–Trinajstić information content (AvgIpc) is 0.867. The van der Waals surface area contributed by atoms with Gasteiger partial charge in [-0.2, -0.15) is 0 Å². The van der Waals surface area contributed by atoms with Crippen LogP contribution in [-0.4, -0.2) is 223 Å². The molecule has 0 radical (unpaired) electrons. The number of nitrogens with zero attached hydrogens (tertiary/aromatic N) is 5. The summed E-state index contributed by atoms with van der Waals surface area (Å²) in [5, 5.41) is 45.1. The van der Waals surface area contributed by atoms with Gasteiger partial charge in [-0.3, -0.25) is 77.7 Å². The summed E-state index contributed by atoms with van der Waals surface area (Å²) in [6, 6.07) is -15.7. The van der Waals surface area contributed by atoms with E-state index in [9.17, 15) is 67.7 Å². The van der Waals surface area contributed by atoms with Crippen LogP contribution in [0.3, 0.4) is 0 Å². The van der Waals surface area contributed by atoms with Crippen LogP contribution in [-0.2, 0) is 57.5 Å². The molecule has 0 spiro atoms. The van der Waals surface area contributed by atoms with Crippen LogP contribution in [0.1, 0.15) is 143 Å². The van der Waals surface area contributed by atoms with Gasteiger partial charge in [0, 0.05) is 39.1 Å². The summed E-state index contributed by atoms with van der Waals surface area (Å²) in [6.07, 6.45) is -0.860. The van der Waals surface area contributed by atoms with Gasteiger partial charge in [0.05, 0.1) is 6.04 Å². The van der Waals surface area contributed by atoms with Crippen molar-refractivity contribution < 1.29 is 67.7 Å². The molecule has 100 heavy (non-hydrogen) atoms. The summed E-state index contributed by atoms with van der Waals surface area (Å²) < 4.78 is 0. The number of rotatable bonds is 53. The number of guanidine groups is 5. The minimum atomic E-state index is -1.73. The largest absolute Gasteiger partial charge is 0.481 e. The molecule has 11 atom stereocenters. The highest BCUT2D eigenvalue weighted by Gasteiger charge is 2.36. The summed E-state index contributed by atoms with van der Waals surface area (Å²) in [4.78, 5) is 185. The molecule has 0 heterocycles. The van der Waals surface area contributed by atoms with E-state index in [1.165, 1.54) is 13.8 Å². The summed E-state index contributed by atoms with van der Waals surface area (Å²) >= 11 is 0. The number of hydrogen-bond acceptors (Lipinski definition) is 20. The van der Waals surface area contributed by atoms with Crippen molar-refractivity contribution in [3.8, 4) is 0 Å². The second-order valence-electron chi connectivity index (χ2n) is 23.8. The van der Waals surface area contributed by atoms with E-state index >= 15 is 0 Å². The van der Waals surface area contributed by atoms with Crippen LogP contribution in [0.2, 0.25) is 0 Å². The molecule has 10 amide bonds. The van der Waals surface area contributed by atoms with Crippen molar-refractivity contribution in [2.24, 2.45) is 105 Å². The van der Waals surface area contributed by atoms with Gasteiger partial charge in [-0.25, -0.2) is 4.79 Å². The average molecular weight is 1430 g/mol. The molecule has 0 aromatic rings. The Morgan fingerprint density at radius 2 is 0.540 bits per heavy atom. The first-order valence-electron chi connectivity index (χ1n) is 33.0. The second kappa shape index (κ2) is 50.2. The number of unbranched alkanes of at least 4 members (excludes halogenated alkanes) is 2. The molecule has 0 saturated heterocycles. The molecule has 42 nitrogen and oxygen atoms in total. The number of carbonyl (C=O) groups is 12. The van der Waals surface area contributed by atoms with Crippen molar-refractivity contribution in [2.45, 2.75) is 210 Å². The number of aliphatic imine (C=N–C) groups is 5. The smallest absolute Gasteiger partial charge is 0.326 e. The van der Waals surface area contributed by atoms with E-state index in [2.05, 4.69) is 78.1 Å². The minimum Gasteiger partial charge on any atom is -0.481 e. The summed E-state index contributed by atoms with van der Waals surface area (Å²) in [5.41, 5.74) is 72.6. The molecule has 42 heteroatoms. The molecular formula is C58H112N28O14. The fourth-order valence-corrected chi connectivity index (χ4v) is 9.30. The van der Waals surface area contributed by atoms with Crippen LogP contribution in [0.5, 0.6) is 0 Å². The van der Waals surface area contributed by atoms with Gasteiger partial charge in [0.2, 0.25) is 59.1 Å². The van der Waals surface area contributed by atoms with Gasteiger partial charge in [-0.1, -0.05) is 13.8 Å². The molecular weight excluding hydrogens is 1310 g/mol. The van der Waals surface area contributed by atoms with E-state index in [-0.39, 0.29) is 166 Å². The lowest BCUT2D eigenvalue weighted by Gasteiger charge is -2.28. The molecule has 0 aliphatic heterocycles. The Bertz CT molecular complexity index is 2790. The van der Waals surface area contributed by atoms with Gasteiger partial charge in [0.15, 0.2) is 29.8 Å². The molecule has 568 valence electrons. The zero-order valence-corrected chi connectivity index (χ0v) is 57.6. The number of carboxylic acids is 2. The molecule has 0 aliphatic rings. The number of carbonyl (C=O) groups excluding carboxylic acids is 10. The highest BCUT2D eigenvalue weighted by Crippen LogP contribution is 2.13. The summed E-state index contributed by atoms with van der Waals surface area (Å²) in [5.74, 6) is -14.0. The number of carboxylic acid groups (broad SMARTS) is 2. The Morgan fingerprint density at radius 3 is 0.750 bits per heavy atom. The number of hydrogen-bond donors (Lipinski definition) is 25. The highest BCUT2D eigenvalue weighted by atomic mass is 16.4. The topological polar surface area (TPSA) is 766 Å². The standard InChI is InChI=1S/C58H112N28O14/c1-30(2)42(53(99)100)86-52(98)39(20-13-29-76-58(70)71)84-46(92)34(15-6-8-24-60)79-45(91)33(14-5-7-23-59)80-48(94)36(17-10-26-73-55(64)65)81-49(95)37(18-11-27-74-56(66)67)82-50(96)38(19-12-28-75-57(68)69)83-51(97)40(21-22-41(87)88)85-47(93)35(16-9-25-72-54(62)63)78-44(90)32(4)77-43(89)31(3)61/h30-40,42H,5-29,59-61H2,1-4H3,(H,77,89)(H,78,90)(H,79,91)(H,80,94)(H,81,95)(H,82,96)(H,83,97)(H,84,92)(H,85,93)(H,86,98)(H,87,88)(H,99,100)(H4,62,63,72)(H4,64,65,73)(H4,66,67,74)(H4,68,69,75)(H4,70,71,76)/t31-,32-,33-,34-,35-,36-,37-,38-,39-,40-,42-/m0/s1. The molecule has 0 saturated carbocycles. The fraction of sp³-hybridized carbons (Fsp3) is 0.707. The first-order valence-corrected chi connectivity index (χ1v) is 33.0. The van der Waals surface area contributed by atoms with Crippen molar-refractivity contribution in [2.75, 3.05) is 45.8 Å². The van der Waals surface area contributed by atoms with E-state index in [1.54, 1.807) is 13.8 Å². The van der Waals surface area contributed by atoms with Crippen molar-refractivity contribution in [3.63, 3.8) is 0 Å². The van der Waals surface area contributed by atoms with E-state index < -0.39 is 156 Å². The minimum absolute atomic E-state index is 0.00300. The Morgan fingerprint density at radius 1 is 0.310 bits per heavy atom. The lowest BCUT2D eigenvalue weighted by Crippen LogP contribution is -2.60. The van der Waals surface area contributed by atoms with Gasteiger partial charge in [0.25, 0.3) is 0 Å². The Balaban J connectivity index is 7.68. The van der Waals surface area contributed by atoms with Crippen LogP contribution < -0.4 is 128 Å². The third-order valence-electron chi connectivity index (χ3n) is 14.7. The first kappa shape index (κ1) is 89.9. The van der Waals surface area contributed by atoms with Gasteiger partial charge in [0.1, 0.15) is 60.4 Å². The van der Waals surface area contributed by atoms with E-state index in [0.717, 1.165) is 0 Å². The Hall–Kier alpha value is -10.1. The molecule has 38 N–H and O–H groups in total. The van der Waals surface area contributed by atoms with Crippen LogP contribution in [0.4, 0.5) is 0 Å². The van der Waals surface area contributed by atoms with Crippen LogP contribution in [0.25, 0.3) is 0 Å². The Labute approximate surface area is 580 Å². The normalized spacial score (nSPS) is 14.2. The highest BCUT2D eigenvalue weighted by molar-refractivity contribution is 5.99. The Kier molecular flexibility index (Phi) is 45.1. The fourth-order valence-electron chi connectivity index (χ4n) is 9.30. The summed E-state index contributed by atoms with van der Waals surface area (Å²) in [7, 11) is 0. The molecule has 0 bridgehead atoms. The third-order valence-corrected chi connectivity index (χ3v) is 14.7. The maximum atomic E-state index is 14.8. The quantitative estimate of drug-likeness (QED) is 0.0153. The molecule has 0 aromatic heterocycles. The molecule has 0 unspecified atom stereocenters. The van der Waals surface area contributed by atoms with Crippen LogP contribution in [0.15, 0.2) is 25.0 Å². The lowest BCUT2D eigenvalue weighted by atomic mass is 10.0. The lowest BCUT2D eigenvalue weighted by molar-refractivity contribution is -0.143. The van der Waals surface area contributed by atoms with Crippen molar-refractivity contribution in [1.29, 1.82) is 0 Å². The zero-order valence-electron chi connectivity index (χ0n) is 57.6. The maximum Gasteiger partial charge on any atom is 0.326 e. The molecule has 0 aliphatic carbocycles. The van der Waals surface area contributed by atoms with Gasteiger partial charge >= 0.3 is 11.9 Å². The van der Waals surface area contributed by atoms with E-state index in [1.807, 2.05) is 0 Å². The second-order valence-corrected chi connectivity index (χ2v) is 23.8. The maximum absolute atomic E-state index is 14.8. The number of nitrogens with one attached hydrogen (secondary N) is 10.